The minimum absolute atomic E-state index is 0.159. The Morgan fingerprint density at radius 3 is 2.89 bits per heavy atom. The summed E-state index contributed by atoms with van der Waals surface area (Å²) in [6.07, 6.45) is 0. The van der Waals surface area contributed by atoms with Crippen LogP contribution in [0.25, 0.3) is 0 Å². The summed E-state index contributed by atoms with van der Waals surface area (Å²) in [5.41, 5.74) is 3.36. The van der Waals surface area contributed by atoms with Crippen molar-refractivity contribution >= 4 is 23.5 Å². The van der Waals surface area contributed by atoms with Gasteiger partial charge in [0.25, 0.3) is 0 Å². The fourth-order valence-electron chi connectivity index (χ4n) is 1.98. The second kappa shape index (κ2) is 6.65. The number of benzene rings is 1. The molecule has 0 bridgehead atoms. The minimum atomic E-state index is -0.270. The first kappa shape index (κ1) is 14.0. The molecule has 1 aliphatic rings. The number of halogens is 1. The van der Waals surface area contributed by atoms with Crippen LogP contribution >= 0.6 is 23.5 Å². The molecule has 0 saturated carbocycles. The summed E-state index contributed by atoms with van der Waals surface area (Å²) in [4.78, 5) is 0. The SMILES string of the molecule is COc1ccc(C(NN)C2CSCCS2)c(F)c1. The normalized spacial score (nSPS) is 21.6. The average Bonchev–Trinajstić information content (AvgIpc) is 2.42. The van der Waals surface area contributed by atoms with E-state index in [1.807, 2.05) is 23.5 Å². The molecule has 0 amide bonds. The molecule has 1 saturated heterocycles. The number of hydrazine groups is 1. The van der Waals surface area contributed by atoms with Crippen molar-refractivity contribution in [3.8, 4) is 5.75 Å². The van der Waals surface area contributed by atoms with Crippen molar-refractivity contribution in [2.45, 2.75) is 11.3 Å². The number of hydrogen-bond donors (Lipinski definition) is 2. The van der Waals surface area contributed by atoms with Crippen LogP contribution in [0.5, 0.6) is 5.75 Å². The van der Waals surface area contributed by atoms with E-state index < -0.39 is 0 Å². The Morgan fingerprint density at radius 2 is 2.33 bits per heavy atom. The molecule has 1 aromatic rings. The largest absolute Gasteiger partial charge is 0.497 e. The van der Waals surface area contributed by atoms with E-state index in [2.05, 4.69) is 5.43 Å². The summed E-state index contributed by atoms with van der Waals surface area (Å²) in [6.45, 7) is 0. The molecular weight excluding hydrogens is 271 g/mol. The van der Waals surface area contributed by atoms with Gasteiger partial charge in [0.2, 0.25) is 0 Å². The van der Waals surface area contributed by atoms with Gasteiger partial charge < -0.3 is 4.74 Å². The zero-order chi connectivity index (χ0) is 13.0. The molecule has 1 heterocycles. The molecule has 1 aromatic carbocycles. The summed E-state index contributed by atoms with van der Waals surface area (Å²) in [5, 5.41) is 0.302. The number of nitrogens with two attached hydrogens (primary N) is 1. The number of rotatable bonds is 4. The van der Waals surface area contributed by atoms with E-state index in [-0.39, 0.29) is 11.9 Å². The Bertz CT molecular complexity index is 400. The Labute approximate surface area is 115 Å². The summed E-state index contributed by atoms with van der Waals surface area (Å²) >= 11 is 3.74. The van der Waals surface area contributed by atoms with Gasteiger partial charge >= 0.3 is 0 Å². The molecule has 1 aliphatic heterocycles. The van der Waals surface area contributed by atoms with Crippen LogP contribution in [-0.4, -0.2) is 29.6 Å². The summed E-state index contributed by atoms with van der Waals surface area (Å²) < 4.78 is 19.0. The highest BCUT2D eigenvalue weighted by molar-refractivity contribution is 8.06. The number of hydrogen-bond acceptors (Lipinski definition) is 5. The van der Waals surface area contributed by atoms with Crippen molar-refractivity contribution in [3.63, 3.8) is 0 Å². The van der Waals surface area contributed by atoms with Crippen molar-refractivity contribution < 1.29 is 9.13 Å². The molecular formula is C12H17FN2OS2. The predicted molar refractivity (Wildman–Crippen MR) is 76.6 cm³/mol. The predicted octanol–water partition coefficient (Wildman–Crippen LogP) is 2.19. The first-order chi connectivity index (χ1) is 8.76. The third-order valence-corrected chi connectivity index (χ3v) is 5.80. The van der Waals surface area contributed by atoms with Gasteiger partial charge in [-0.3, -0.25) is 11.3 Å². The maximum Gasteiger partial charge on any atom is 0.131 e. The van der Waals surface area contributed by atoms with E-state index >= 15 is 0 Å². The fourth-order valence-corrected chi connectivity index (χ4v) is 4.82. The van der Waals surface area contributed by atoms with Crippen molar-refractivity contribution in [1.29, 1.82) is 0 Å². The van der Waals surface area contributed by atoms with Crippen molar-refractivity contribution in [1.82, 2.24) is 5.43 Å². The highest BCUT2D eigenvalue weighted by atomic mass is 32.2. The summed E-state index contributed by atoms with van der Waals surface area (Å²) in [5.74, 6) is 9.10. The molecule has 100 valence electrons. The van der Waals surface area contributed by atoms with Crippen LogP contribution in [0.15, 0.2) is 18.2 Å². The van der Waals surface area contributed by atoms with Gasteiger partial charge in [-0.05, 0) is 6.07 Å². The molecule has 18 heavy (non-hydrogen) atoms. The lowest BCUT2D eigenvalue weighted by Crippen LogP contribution is -2.38. The van der Waals surface area contributed by atoms with Gasteiger partial charge in [0.15, 0.2) is 0 Å². The molecule has 0 aromatic heterocycles. The molecule has 2 atom stereocenters. The van der Waals surface area contributed by atoms with E-state index in [0.29, 0.717) is 16.6 Å². The zero-order valence-electron chi connectivity index (χ0n) is 10.2. The van der Waals surface area contributed by atoms with Crippen molar-refractivity contribution in [3.05, 3.63) is 29.6 Å². The Balaban J connectivity index is 2.20. The van der Waals surface area contributed by atoms with Gasteiger partial charge in [-0.25, -0.2) is 4.39 Å². The summed E-state index contributed by atoms with van der Waals surface area (Å²) in [7, 11) is 1.53. The lowest BCUT2D eigenvalue weighted by molar-refractivity contribution is 0.409. The Hall–Kier alpha value is -0.430. The number of nitrogens with one attached hydrogen (secondary N) is 1. The smallest absolute Gasteiger partial charge is 0.131 e. The van der Waals surface area contributed by atoms with E-state index in [4.69, 9.17) is 10.6 Å². The van der Waals surface area contributed by atoms with Gasteiger partial charge in [0.1, 0.15) is 11.6 Å². The molecule has 0 radical (unpaired) electrons. The van der Waals surface area contributed by atoms with Gasteiger partial charge in [0, 0.05) is 34.1 Å². The monoisotopic (exact) mass is 288 g/mol. The Morgan fingerprint density at radius 1 is 1.50 bits per heavy atom. The second-order valence-electron chi connectivity index (χ2n) is 4.02. The molecule has 0 aliphatic carbocycles. The van der Waals surface area contributed by atoms with Crippen LogP contribution in [0, 0.1) is 5.82 Å². The van der Waals surface area contributed by atoms with E-state index in [9.17, 15) is 4.39 Å². The van der Waals surface area contributed by atoms with E-state index in [1.165, 1.54) is 13.2 Å². The van der Waals surface area contributed by atoms with Gasteiger partial charge in [-0.1, -0.05) is 6.07 Å². The van der Waals surface area contributed by atoms with Crippen LogP contribution in [0.2, 0.25) is 0 Å². The van der Waals surface area contributed by atoms with Crippen LogP contribution in [0.1, 0.15) is 11.6 Å². The average molecular weight is 288 g/mol. The van der Waals surface area contributed by atoms with Gasteiger partial charge in [-0.15, -0.1) is 0 Å². The van der Waals surface area contributed by atoms with Crippen molar-refractivity contribution in [2.24, 2.45) is 5.84 Å². The second-order valence-corrected chi connectivity index (χ2v) is 6.51. The maximum absolute atomic E-state index is 14.0. The highest BCUT2D eigenvalue weighted by Gasteiger charge is 2.27. The molecule has 3 N–H and O–H groups in total. The number of ether oxygens (including phenoxy) is 1. The van der Waals surface area contributed by atoms with Gasteiger partial charge in [0.05, 0.1) is 13.2 Å². The van der Waals surface area contributed by atoms with Gasteiger partial charge in [-0.2, -0.15) is 23.5 Å². The standard InChI is InChI=1S/C12H17FN2OS2/c1-16-8-2-3-9(10(13)6-8)12(15-14)11-7-17-4-5-18-11/h2-3,6,11-12,15H,4-5,7,14H2,1H3. The molecule has 3 nitrogen and oxygen atoms in total. The molecule has 2 unspecified atom stereocenters. The van der Waals surface area contributed by atoms with Crippen LogP contribution in [-0.2, 0) is 0 Å². The van der Waals surface area contributed by atoms with E-state index in [1.54, 1.807) is 12.1 Å². The molecule has 6 heteroatoms. The zero-order valence-corrected chi connectivity index (χ0v) is 11.8. The quantitative estimate of drug-likeness (QED) is 0.657. The summed E-state index contributed by atoms with van der Waals surface area (Å²) in [6, 6.07) is 4.76. The molecule has 0 spiro atoms. The number of methoxy groups -OCH3 is 1. The first-order valence-electron chi connectivity index (χ1n) is 5.75. The third-order valence-electron chi connectivity index (χ3n) is 2.94. The minimum Gasteiger partial charge on any atom is -0.497 e. The van der Waals surface area contributed by atoms with Crippen molar-refractivity contribution in [2.75, 3.05) is 24.4 Å². The number of thioether (sulfide) groups is 2. The third kappa shape index (κ3) is 3.12. The van der Waals surface area contributed by atoms with Crippen LogP contribution in [0.3, 0.4) is 0 Å². The van der Waals surface area contributed by atoms with Crippen LogP contribution < -0.4 is 16.0 Å². The lowest BCUT2D eigenvalue weighted by atomic mass is 10.0. The van der Waals surface area contributed by atoms with Crippen LogP contribution in [0.4, 0.5) is 4.39 Å². The lowest BCUT2D eigenvalue weighted by Gasteiger charge is -2.29. The first-order valence-corrected chi connectivity index (χ1v) is 7.95. The van der Waals surface area contributed by atoms with E-state index in [0.717, 1.165) is 17.3 Å². The fraction of sp³-hybridized carbons (Fsp3) is 0.500. The Kier molecular flexibility index (Phi) is 5.17. The maximum atomic E-state index is 14.0. The molecule has 2 rings (SSSR count). The highest BCUT2D eigenvalue weighted by Crippen LogP contribution is 2.34. The topological polar surface area (TPSA) is 47.3 Å². The molecule has 1 fully saturated rings.